The molecule has 0 fully saturated rings. The van der Waals surface area contributed by atoms with E-state index in [0.717, 1.165) is 11.3 Å². The van der Waals surface area contributed by atoms with E-state index in [2.05, 4.69) is 23.2 Å². The van der Waals surface area contributed by atoms with Crippen molar-refractivity contribution < 1.29 is 4.74 Å². The van der Waals surface area contributed by atoms with Crippen LogP contribution in [0, 0.1) is 0 Å². The Morgan fingerprint density at radius 2 is 2.11 bits per heavy atom. The monoisotopic (exact) mass is 239 g/mol. The molecule has 0 aliphatic heterocycles. The average molecular weight is 239 g/mol. The van der Waals surface area contributed by atoms with E-state index in [0.29, 0.717) is 0 Å². The number of nitrogens with zero attached hydrogens (tertiary/aromatic N) is 1. The smallest absolute Gasteiger partial charge is 0.145 e. The molecule has 1 aromatic heterocycles. The zero-order chi connectivity index (χ0) is 12.4. The van der Waals surface area contributed by atoms with E-state index in [1.165, 1.54) is 42.2 Å². The van der Waals surface area contributed by atoms with Gasteiger partial charge in [0.2, 0.25) is 0 Å². The van der Waals surface area contributed by atoms with Crippen LogP contribution in [0.5, 0.6) is 5.75 Å². The average Bonchev–Trinajstić information content (AvgIpc) is 2.47. The fourth-order valence-corrected chi connectivity index (χ4v) is 2.68. The Balaban J connectivity index is 2.21. The van der Waals surface area contributed by atoms with Crippen LogP contribution in [0.3, 0.4) is 0 Å². The first-order valence-corrected chi connectivity index (χ1v) is 6.51. The van der Waals surface area contributed by atoms with Gasteiger partial charge < -0.3 is 4.74 Å². The Hall–Kier alpha value is -1.83. The van der Waals surface area contributed by atoms with Crippen LogP contribution in [-0.4, -0.2) is 12.1 Å². The minimum atomic E-state index is 0.853. The fraction of sp³-hybridized carbons (Fsp3) is 0.312. The van der Waals surface area contributed by atoms with Crippen LogP contribution in [0.4, 0.5) is 0 Å². The third-order valence-corrected chi connectivity index (χ3v) is 3.59. The highest BCUT2D eigenvalue weighted by Crippen LogP contribution is 2.33. The molecular formula is C16H17NO. The lowest BCUT2D eigenvalue weighted by Crippen LogP contribution is -1.95. The Kier molecular flexibility index (Phi) is 3.01. The zero-order valence-corrected chi connectivity index (χ0v) is 10.6. The molecule has 1 aliphatic carbocycles. The van der Waals surface area contributed by atoms with Gasteiger partial charge in [0.05, 0.1) is 7.11 Å². The molecule has 0 radical (unpaired) electrons. The van der Waals surface area contributed by atoms with Gasteiger partial charge in [-0.05, 0) is 49.0 Å². The van der Waals surface area contributed by atoms with Crippen LogP contribution in [0.2, 0.25) is 0 Å². The Morgan fingerprint density at radius 3 is 2.89 bits per heavy atom. The topological polar surface area (TPSA) is 22.1 Å². The summed E-state index contributed by atoms with van der Waals surface area (Å²) in [7, 11) is 1.70. The third kappa shape index (κ3) is 1.88. The highest BCUT2D eigenvalue weighted by molar-refractivity contribution is 5.94. The number of allylic oxidation sites excluding steroid dienone is 2. The first kappa shape index (κ1) is 11.3. The number of fused-ring (bicyclic) bond motifs is 1. The van der Waals surface area contributed by atoms with E-state index in [1.807, 2.05) is 18.3 Å². The molecule has 1 aliphatic rings. The molecule has 0 saturated carbocycles. The first-order valence-electron chi connectivity index (χ1n) is 6.51. The number of benzene rings is 1. The Morgan fingerprint density at radius 1 is 1.17 bits per heavy atom. The van der Waals surface area contributed by atoms with Gasteiger partial charge in [-0.25, -0.2) is 0 Å². The lowest BCUT2D eigenvalue weighted by atomic mass is 9.92. The molecule has 0 atom stereocenters. The largest absolute Gasteiger partial charge is 0.494 e. The van der Waals surface area contributed by atoms with Crippen LogP contribution in [-0.2, 0) is 0 Å². The van der Waals surface area contributed by atoms with Gasteiger partial charge >= 0.3 is 0 Å². The number of aromatic nitrogens is 1. The third-order valence-electron chi connectivity index (χ3n) is 3.59. The zero-order valence-electron chi connectivity index (χ0n) is 10.6. The van der Waals surface area contributed by atoms with Crippen molar-refractivity contribution in [1.82, 2.24) is 4.98 Å². The quantitative estimate of drug-likeness (QED) is 0.783. The van der Waals surface area contributed by atoms with Gasteiger partial charge in [-0.3, -0.25) is 4.98 Å². The second-order valence-corrected chi connectivity index (χ2v) is 4.69. The standard InChI is InChI=1S/C16H17NO/c1-18-15-9-5-8-14-13(10-11-17-16(14)15)12-6-3-2-4-7-12/h5-6,8-11H,2-4,7H2,1H3. The van der Waals surface area contributed by atoms with E-state index >= 15 is 0 Å². The maximum atomic E-state index is 5.39. The number of hydrogen-bond donors (Lipinski definition) is 0. The lowest BCUT2D eigenvalue weighted by molar-refractivity contribution is 0.419. The van der Waals surface area contributed by atoms with Gasteiger partial charge in [-0.1, -0.05) is 18.2 Å². The summed E-state index contributed by atoms with van der Waals surface area (Å²) >= 11 is 0. The van der Waals surface area contributed by atoms with E-state index < -0.39 is 0 Å². The van der Waals surface area contributed by atoms with Crippen molar-refractivity contribution in [2.75, 3.05) is 7.11 Å². The number of pyridine rings is 1. The molecule has 0 unspecified atom stereocenters. The molecule has 0 saturated heterocycles. The minimum Gasteiger partial charge on any atom is -0.494 e. The maximum Gasteiger partial charge on any atom is 0.145 e. The SMILES string of the molecule is COc1cccc2c(C3=CCCCC3)ccnc12. The lowest BCUT2D eigenvalue weighted by Gasteiger charge is -2.15. The summed E-state index contributed by atoms with van der Waals surface area (Å²) in [5, 5.41) is 1.20. The highest BCUT2D eigenvalue weighted by atomic mass is 16.5. The van der Waals surface area contributed by atoms with Crippen molar-refractivity contribution in [3.05, 3.63) is 42.1 Å². The molecule has 2 nitrogen and oxygen atoms in total. The van der Waals surface area contributed by atoms with Crippen LogP contribution in [0.1, 0.15) is 31.2 Å². The van der Waals surface area contributed by atoms with E-state index in [9.17, 15) is 0 Å². The molecule has 3 rings (SSSR count). The molecule has 2 heteroatoms. The number of rotatable bonds is 2. The van der Waals surface area contributed by atoms with Gasteiger partial charge in [0.15, 0.2) is 0 Å². The number of para-hydroxylation sites is 1. The number of methoxy groups -OCH3 is 1. The predicted molar refractivity (Wildman–Crippen MR) is 74.7 cm³/mol. The number of hydrogen-bond acceptors (Lipinski definition) is 2. The second kappa shape index (κ2) is 4.81. The van der Waals surface area contributed by atoms with Crippen LogP contribution in [0.15, 0.2) is 36.5 Å². The van der Waals surface area contributed by atoms with Crippen molar-refractivity contribution in [2.24, 2.45) is 0 Å². The molecule has 1 heterocycles. The van der Waals surface area contributed by atoms with Gasteiger partial charge in [-0.2, -0.15) is 0 Å². The Labute approximate surface area is 107 Å². The molecule has 2 aromatic rings. The van der Waals surface area contributed by atoms with Crippen molar-refractivity contribution in [2.45, 2.75) is 25.7 Å². The van der Waals surface area contributed by atoms with Gasteiger partial charge in [0.1, 0.15) is 11.3 Å². The summed E-state index contributed by atoms with van der Waals surface area (Å²) in [4.78, 5) is 4.46. The second-order valence-electron chi connectivity index (χ2n) is 4.69. The normalized spacial score (nSPS) is 15.5. The molecule has 0 spiro atoms. The van der Waals surface area contributed by atoms with Crippen LogP contribution >= 0.6 is 0 Å². The van der Waals surface area contributed by atoms with Gasteiger partial charge in [0.25, 0.3) is 0 Å². The van der Waals surface area contributed by atoms with Gasteiger partial charge in [0, 0.05) is 11.6 Å². The minimum absolute atomic E-state index is 0.853. The summed E-state index contributed by atoms with van der Waals surface area (Å²) < 4.78 is 5.39. The summed E-state index contributed by atoms with van der Waals surface area (Å²) in [6, 6.07) is 8.26. The molecule has 0 amide bonds. The fourth-order valence-electron chi connectivity index (χ4n) is 2.68. The predicted octanol–water partition coefficient (Wildman–Crippen LogP) is 4.20. The van der Waals surface area contributed by atoms with Crippen molar-refractivity contribution in [3.8, 4) is 5.75 Å². The maximum absolute atomic E-state index is 5.39. The highest BCUT2D eigenvalue weighted by Gasteiger charge is 2.11. The van der Waals surface area contributed by atoms with Gasteiger partial charge in [-0.15, -0.1) is 0 Å². The van der Waals surface area contributed by atoms with Crippen LogP contribution in [0.25, 0.3) is 16.5 Å². The summed E-state index contributed by atoms with van der Waals surface area (Å²) in [6.07, 6.45) is 9.24. The molecule has 0 bridgehead atoms. The summed E-state index contributed by atoms with van der Waals surface area (Å²) in [5.41, 5.74) is 3.74. The van der Waals surface area contributed by atoms with Crippen molar-refractivity contribution in [3.63, 3.8) is 0 Å². The van der Waals surface area contributed by atoms with Crippen molar-refractivity contribution >= 4 is 16.5 Å². The number of ether oxygens (including phenoxy) is 1. The Bertz CT molecular complexity index is 601. The first-order chi connectivity index (χ1) is 8.90. The van der Waals surface area contributed by atoms with E-state index in [-0.39, 0.29) is 0 Å². The van der Waals surface area contributed by atoms with E-state index in [4.69, 9.17) is 4.74 Å². The molecule has 1 aromatic carbocycles. The summed E-state index contributed by atoms with van der Waals surface area (Å²) in [6.45, 7) is 0. The van der Waals surface area contributed by atoms with Crippen LogP contribution < -0.4 is 4.74 Å². The summed E-state index contributed by atoms with van der Waals surface area (Å²) in [5.74, 6) is 0.853. The van der Waals surface area contributed by atoms with E-state index in [1.54, 1.807) is 7.11 Å². The van der Waals surface area contributed by atoms with Crippen molar-refractivity contribution in [1.29, 1.82) is 0 Å². The molecular weight excluding hydrogens is 222 g/mol. The molecule has 18 heavy (non-hydrogen) atoms. The molecule has 92 valence electrons. The molecule has 0 N–H and O–H groups in total.